The Balaban J connectivity index is 1.98. The van der Waals surface area contributed by atoms with Crippen LogP contribution in [0.4, 0.5) is 0 Å². The number of benzene rings is 1. The SMILES string of the molecule is CC1(N=CCc2ccccc2)CCS(=O)(=O)C1. The van der Waals surface area contributed by atoms with Crippen molar-refractivity contribution < 1.29 is 8.42 Å². The first-order chi connectivity index (χ1) is 7.99. The number of sulfone groups is 1. The molecule has 4 heteroatoms. The molecule has 0 saturated carbocycles. The van der Waals surface area contributed by atoms with E-state index in [1.165, 1.54) is 5.56 Å². The fourth-order valence-electron chi connectivity index (χ4n) is 2.08. The van der Waals surface area contributed by atoms with E-state index in [4.69, 9.17) is 0 Å². The van der Waals surface area contributed by atoms with Crippen LogP contribution in [0.15, 0.2) is 35.3 Å². The van der Waals surface area contributed by atoms with Crippen molar-refractivity contribution in [3.63, 3.8) is 0 Å². The fourth-order valence-corrected chi connectivity index (χ4v) is 4.14. The second-order valence-corrected chi connectivity index (χ2v) is 7.02. The Morgan fingerprint density at radius 1 is 1.35 bits per heavy atom. The van der Waals surface area contributed by atoms with E-state index < -0.39 is 15.4 Å². The molecule has 1 aliphatic heterocycles. The molecule has 0 bridgehead atoms. The molecule has 0 aromatic heterocycles. The molecule has 0 amide bonds. The summed E-state index contributed by atoms with van der Waals surface area (Å²) in [6.07, 6.45) is 3.24. The second-order valence-electron chi connectivity index (χ2n) is 4.84. The van der Waals surface area contributed by atoms with Crippen LogP contribution in [0, 0.1) is 0 Å². The molecule has 1 fully saturated rings. The summed E-state index contributed by atoms with van der Waals surface area (Å²) < 4.78 is 22.8. The lowest BCUT2D eigenvalue weighted by Gasteiger charge is -2.15. The lowest BCUT2D eigenvalue weighted by molar-refractivity contribution is 0.535. The number of rotatable bonds is 3. The average molecular weight is 251 g/mol. The third kappa shape index (κ3) is 3.40. The molecule has 1 unspecified atom stereocenters. The van der Waals surface area contributed by atoms with E-state index in [9.17, 15) is 8.42 Å². The molecule has 0 aliphatic carbocycles. The van der Waals surface area contributed by atoms with Crippen LogP contribution in [0.2, 0.25) is 0 Å². The van der Waals surface area contributed by atoms with Crippen LogP contribution in [0.25, 0.3) is 0 Å². The highest BCUT2D eigenvalue weighted by Gasteiger charge is 2.37. The molecule has 0 spiro atoms. The number of nitrogens with zero attached hydrogens (tertiary/aromatic N) is 1. The summed E-state index contributed by atoms with van der Waals surface area (Å²) >= 11 is 0. The maximum Gasteiger partial charge on any atom is 0.152 e. The summed E-state index contributed by atoms with van der Waals surface area (Å²) in [6, 6.07) is 10.0. The fraction of sp³-hybridized carbons (Fsp3) is 0.462. The van der Waals surface area contributed by atoms with Gasteiger partial charge in [0.25, 0.3) is 0 Å². The topological polar surface area (TPSA) is 46.5 Å². The van der Waals surface area contributed by atoms with E-state index in [1.807, 2.05) is 43.5 Å². The maximum atomic E-state index is 11.4. The van der Waals surface area contributed by atoms with E-state index in [1.54, 1.807) is 0 Å². The smallest absolute Gasteiger partial charge is 0.152 e. The minimum atomic E-state index is -2.86. The van der Waals surface area contributed by atoms with Crippen LogP contribution in [0.1, 0.15) is 18.9 Å². The molecule has 3 nitrogen and oxygen atoms in total. The summed E-state index contributed by atoms with van der Waals surface area (Å²) in [7, 11) is -2.86. The number of aliphatic imine (C=N–C) groups is 1. The van der Waals surface area contributed by atoms with Crippen molar-refractivity contribution in [2.75, 3.05) is 11.5 Å². The van der Waals surface area contributed by atoms with E-state index in [2.05, 4.69) is 4.99 Å². The maximum absolute atomic E-state index is 11.4. The molecule has 1 aromatic carbocycles. The lowest BCUT2D eigenvalue weighted by atomic mass is 10.0. The largest absolute Gasteiger partial charge is 0.290 e. The zero-order valence-electron chi connectivity index (χ0n) is 9.96. The zero-order chi connectivity index (χ0) is 12.4. The Morgan fingerprint density at radius 3 is 2.65 bits per heavy atom. The van der Waals surface area contributed by atoms with Gasteiger partial charge in [0.15, 0.2) is 9.84 Å². The number of hydrogen-bond acceptors (Lipinski definition) is 3. The molecule has 0 radical (unpaired) electrons. The minimum absolute atomic E-state index is 0.186. The van der Waals surface area contributed by atoms with Gasteiger partial charge in [0.1, 0.15) is 0 Å². The van der Waals surface area contributed by atoms with Crippen molar-refractivity contribution >= 4 is 16.1 Å². The van der Waals surface area contributed by atoms with Crippen molar-refractivity contribution in [2.45, 2.75) is 25.3 Å². The van der Waals surface area contributed by atoms with E-state index in [0.717, 1.165) is 6.42 Å². The third-order valence-electron chi connectivity index (χ3n) is 3.06. The molecule has 1 atom stereocenters. The normalized spacial score (nSPS) is 27.6. The van der Waals surface area contributed by atoms with Gasteiger partial charge >= 0.3 is 0 Å². The summed E-state index contributed by atoms with van der Waals surface area (Å²) in [4.78, 5) is 4.44. The van der Waals surface area contributed by atoms with Crippen molar-refractivity contribution in [1.29, 1.82) is 0 Å². The Hall–Kier alpha value is -1.16. The first-order valence-corrected chi connectivity index (χ1v) is 7.59. The first kappa shape index (κ1) is 12.3. The van der Waals surface area contributed by atoms with Gasteiger partial charge in [-0.05, 0) is 18.9 Å². The molecule has 1 saturated heterocycles. The van der Waals surface area contributed by atoms with E-state index in [-0.39, 0.29) is 11.5 Å². The highest BCUT2D eigenvalue weighted by atomic mass is 32.2. The standard InChI is InChI=1S/C13H17NO2S/c1-13(8-10-17(15,16)11-13)14-9-7-12-5-3-2-4-6-12/h2-6,9H,7-8,10-11H2,1H3. The Bertz CT molecular complexity index is 507. The van der Waals surface area contributed by atoms with Crippen LogP contribution < -0.4 is 0 Å². The van der Waals surface area contributed by atoms with Gasteiger partial charge in [-0.25, -0.2) is 8.42 Å². The van der Waals surface area contributed by atoms with Crippen molar-refractivity contribution in [2.24, 2.45) is 4.99 Å². The molecule has 1 aromatic rings. The molecule has 1 aliphatic rings. The van der Waals surface area contributed by atoms with Crippen LogP contribution in [0.5, 0.6) is 0 Å². The average Bonchev–Trinajstić information content (AvgIpc) is 2.55. The van der Waals surface area contributed by atoms with Gasteiger partial charge in [-0.1, -0.05) is 30.3 Å². The zero-order valence-corrected chi connectivity index (χ0v) is 10.8. The summed E-state index contributed by atoms with van der Waals surface area (Å²) in [6.45, 7) is 1.92. The predicted molar refractivity (Wildman–Crippen MR) is 70.3 cm³/mol. The van der Waals surface area contributed by atoms with Gasteiger partial charge < -0.3 is 0 Å². The summed E-state index contributed by atoms with van der Waals surface area (Å²) in [5, 5.41) is 0. The van der Waals surface area contributed by atoms with Gasteiger partial charge in [0.2, 0.25) is 0 Å². The molecule has 17 heavy (non-hydrogen) atoms. The molecule has 0 N–H and O–H groups in total. The molecular formula is C13H17NO2S. The van der Waals surface area contributed by atoms with Crippen LogP contribution in [-0.2, 0) is 16.3 Å². The van der Waals surface area contributed by atoms with Gasteiger partial charge in [-0.2, -0.15) is 0 Å². The summed E-state index contributed by atoms with van der Waals surface area (Å²) in [5.74, 6) is 0.456. The molecule has 2 rings (SSSR count). The molecule has 92 valence electrons. The van der Waals surface area contributed by atoms with Gasteiger partial charge in [0, 0.05) is 12.6 Å². The molecule has 1 heterocycles. The van der Waals surface area contributed by atoms with Gasteiger partial charge in [-0.15, -0.1) is 0 Å². The highest BCUT2D eigenvalue weighted by Crippen LogP contribution is 2.26. The third-order valence-corrected chi connectivity index (χ3v) is 4.94. The second kappa shape index (κ2) is 4.61. The van der Waals surface area contributed by atoms with Crippen molar-refractivity contribution in [1.82, 2.24) is 0 Å². The van der Waals surface area contributed by atoms with E-state index >= 15 is 0 Å². The van der Waals surface area contributed by atoms with Gasteiger partial charge in [-0.3, -0.25) is 4.99 Å². The van der Waals surface area contributed by atoms with Crippen LogP contribution >= 0.6 is 0 Å². The van der Waals surface area contributed by atoms with Crippen LogP contribution in [-0.4, -0.2) is 31.7 Å². The highest BCUT2D eigenvalue weighted by molar-refractivity contribution is 7.91. The quantitative estimate of drug-likeness (QED) is 0.770. The predicted octanol–water partition coefficient (Wildman–Crippen LogP) is 1.88. The van der Waals surface area contributed by atoms with Crippen molar-refractivity contribution in [3.8, 4) is 0 Å². The molecular weight excluding hydrogens is 234 g/mol. The Kier molecular flexibility index (Phi) is 3.33. The lowest BCUT2D eigenvalue weighted by Crippen LogP contribution is -2.23. The van der Waals surface area contributed by atoms with Crippen LogP contribution in [0.3, 0.4) is 0 Å². The minimum Gasteiger partial charge on any atom is -0.290 e. The van der Waals surface area contributed by atoms with Crippen molar-refractivity contribution in [3.05, 3.63) is 35.9 Å². The summed E-state index contributed by atoms with van der Waals surface area (Å²) in [5.41, 5.74) is 0.786. The number of hydrogen-bond donors (Lipinski definition) is 0. The van der Waals surface area contributed by atoms with Gasteiger partial charge in [0.05, 0.1) is 17.0 Å². The first-order valence-electron chi connectivity index (χ1n) is 5.77. The Labute approximate surface area is 103 Å². The Morgan fingerprint density at radius 2 is 2.06 bits per heavy atom. The monoisotopic (exact) mass is 251 g/mol. The van der Waals surface area contributed by atoms with E-state index in [0.29, 0.717) is 6.42 Å².